The zero-order valence-electron chi connectivity index (χ0n) is 39.1. The van der Waals surface area contributed by atoms with E-state index in [2.05, 4.69) is 88.9 Å². The second kappa shape index (κ2) is 26.1. The van der Waals surface area contributed by atoms with Crippen LogP contribution in [0.25, 0.3) is 0 Å². The molecule has 332 valence electrons. The predicted octanol–water partition coefficient (Wildman–Crippen LogP) is 15.8. The Labute approximate surface area is 372 Å². The van der Waals surface area contributed by atoms with Gasteiger partial charge in [-0.3, -0.25) is 0 Å². The summed E-state index contributed by atoms with van der Waals surface area (Å²) in [5.74, 6) is 6.53. The topological polar surface area (TPSA) is 60.8 Å². The van der Waals surface area contributed by atoms with Crippen molar-refractivity contribution in [2.24, 2.45) is 11.8 Å². The fourth-order valence-electron chi connectivity index (χ4n) is 10.2. The van der Waals surface area contributed by atoms with Crippen LogP contribution in [0.4, 0.5) is 0 Å². The highest BCUT2D eigenvalue weighted by molar-refractivity contribution is 5.45. The van der Waals surface area contributed by atoms with Gasteiger partial charge in [0.1, 0.15) is 23.1 Å². The van der Waals surface area contributed by atoms with Gasteiger partial charge in [0.15, 0.2) is 0 Å². The van der Waals surface area contributed by atoms with Crippen LogP contribution in [0, 0.1) is 11.8 Å². The van der Waals surface area contributed by atoms with Gasteiger partial charge in [-0.1, -0.05) is 116 Å². The Morgan fingerprint density at radius 2 is 0.754 bits per heavy atom. The first-order valence-electron chi connectivity index (χ1n) is 25.6. The number of hydrogen-bond acceptors (Lipinski definition) is 5. The highest BCUT2D eigenvalue weighted by Crippen LogP contribution is 2.41. The highest BCUT2D eigenvalue weighted by Gasteiger charge is 2.27. The van der Waals surface area contributed by atoms with Crippen LogP contribution in [0.5, 0.6) is 11.5 Å². The van der Waals surface area contributed by atoms with Gasteiger partial charge in [0.2, 0.25) is 0 Å². The summed E-state index contributed by atoms with van der Waals surface area (Å²) in [4.78, 5) is 19.5. The molecule has 0 N–H and O–H groups in total. The van der Waals surface area contributed by atoms with Gasteiger partial charge in [-0.05, 0) is 173 Å². The SMILES string of the molecule is CCCCCCc1ccc(Oc2ccc(CCCCCC)cc2CC2CCC(c3ncc(CCCCC)cn3)CC2)c(CC2CCC(c3ncc(CCCCC)cn3)CC2)c1. The maximum Gasteiger partial charge on any atom is 0.131 e. The second-order valence-corrected chi connectivity index (χ2v) is 19.3. The quantitative estimate of drug-likeness (QED) is 0.0590. The number of ether oxygens (including phenoxy) is 1. The van der Waals surface area contributed by atoms with Gasteiger partial charge in [0, 0.05) is 36.6 Å². The standard InChI is InChI=1S/C56H82N4O/c1-5-9-13-17-19-43-27-33-53(51(35-43)37-45-23-29-49(30-24-45)55-57-39-47(40-58-55)21-15-11-7-3)61-54-34-28-44(20-18-14-10-6-2)36-52(54)38-46-25-31-50(32-26-46)56-59-41-48(42-60-56)22-16-12-8-4/h27-28,33-36,39-42,45-46,49-50H,5-26,29-32,37-38H2,1-4H3. The molecular weight excluding hydrogens is 745 g/mol. The summed E-state index contributed by atoms with van der Waals surface area (Å²) < 4.78 is 7.15. The third-order valence-electron chi connectivity index (χ3n) is 14.1. The van der Waals surface area contributed by atoms with Crippen molar-refractivity contribution in [3.8, 4) is 11.5 Å². The lowest BCUT2D eigenvalue weighted by atomic mass is 9.78. The summed E-state index contributed by atoms with van der Waals surface area (Å²) in [5.41, 5.74) is 8.30. The molecule has 5 heteroatoms. The van der Waals surface area contributed by atoms with Gasteiger partial charge in [-0.25, -0.2) is 19.9 Å². The van der Waals surface area contributed by atoms with Crippen LogP contribution >= 0.6 is 0 Å². The van der Waals surface area contributed by atoms with E-state index in [4.69, 9.17) is 24.7 Å². The summed E-state index contributed by atoms with van der Waals surface area (Å²) in [6.07, 6.45) is 42.5. The molecule has 0 amide bonds. The first-order chi connectivity index (χ1) is 30.0. The molecule has 0 radical (unpaired) electrons. The molecule has 0 saturated heterocycles. The average Bonchev–Trinajstić information content (AvgIpc) is 3.29. The molecule has 0 spiro atoms. The predicted molar refractivity (Wildman–Crippen MR) is 256 cm³/mol. The van der Waals surface area contributed by atoms with Crippen LogP contribution in [0.1, 0.15) is 226 Å². The first kappa shape index (κ1) is 46.9. The largest absolute Gasteiger partial charge is 0.457 e. The molecule has 0 unspecified atom stereocenters. The zero-order valence-corrected chi connectivity index (χ0v) is 39.1. The zero-order chi connectivity index (χ0) is 42.5. The lowest BCUT2D eigenvalue weighted by Gasteiger charge is -2.29. The molecule has 0 atom stereocenters. The van der Waals surface area contributed by atoms with Crippen molar-refractivity contribution in [3.05, 3.63) is 106 Å². The van der Waals surface area contributed by atoms with Crippen molar-refractivity contribution in [3.63, 3.8) is 0 Å². The van der Waals surface area contributed by atoms with Gasteiger partial charge in [0.25, 0.3) is 0 Å². The van der Waals surface area contributed by atoms with Crippen LogP contribution in [0.15, 0.2) is 61.2 Å². The molecular formula is C56H82N4O. The van der Waals surface area contributed by atoms with E-state index >= 15 is 0 Å². The van der Waals surface area contributed by atoms with Gasteiger partial charge in [-0.15, -0.1) is 0 Å². The van der Waals surface area contributed by atoms with E-state index in [0.29, 0.717) is 23.7 Å². The number of hydrogen-bond donors (Lipinski definition) is 0. The first-order valence-corrected chi connectivity index (χ1v) is 25.6. The summed E-state index contributed by atoms with van der Waals surface area (Å²) in [7, 11) is 0. The molecule has 61 heavy (non-hydrogen) atoms. The van der Waals surface area contributed by atoms with Gasteiger partial charge in [-0.2, -0.15) is 0 Å². The Bertz CT molecular complexity index is 1670. The van der Waals surface area contributed by atoms with Crippen LogP contribution in [-0.4, -0.2) is 19.9 Å². The summed E-state index contributed by atoms with van der Waals surface area (Å²) >= 11 is 0. The lowest BCUT2D eigenvalue weighted by Crippen LogP contribution is -2.18. The van der Waals surface area contributed by atoms with E-state index in [0.717, 1.165) is 61.7 Å². The Morgan fingerprint density at radius 1 is 0.410 bits per heavy atom. The smallest absolute Gasteiger partial charge is 0.131 e. The second-order valence-electron chi connectivity index (χ2n) is 19.3. The van der Waals surface area contributed by atoms with Crippen molar-refractivity contribution in [2.75, 3.05) is 0 Å². The van der Waals surface area contributed by atoms with E-state index in [1.807, 2.05) is 0 Å². The number of nitrogens with zero attached hydrogens (tertiary/aromatic N) is 4. The fraction of sp³-hybridized carbons (Fsp3) is 0.643. The normalized spacial score (nSPS) is 19.3. The Kier molecular flexibility index (Phi) is 20.1. The third kappa shape index (κ3) is 15.3. The summed E-state index contributed by atoms with van der Waals surface area (Å²) in [5, 5.41) is 0. The molecule has 0 aliphatic heterocycles. The molecule has 6 rings (SSSR count). The van der Waals surface area contributed by atoms with E-state index in [1.54, 1.807) is 0 Å². The molecule has 2 aliphatic rings. The van der Waals surface area contributed by atoms with Crippen LogP contribution in [-0.2, 0) is 38.5 Å². The van der Waals surface area contributed by atoms with E-state index in [9.17, 15) is 0 Å². The molecule has 2 aliphatic carbocycles. The minimum absolute atomic E-state index is 0.480. The molecule has 2 heterocycles. The summed E-state index contributed by atoms with van der Waals surface area (Å²) in [6.45, 7) is 9.13. The van der Waals surface area contributed by atoms with E-state index < -0.39 is 0 Å². The van der Waals surface area contributed by atoms with Gasteiger partial charge >= 0.3 is 0 Å². The van der Waals surface area contributed by atoms with E-state index in [-0.39, 0.29) is 0 Å². The molecule has 0 bridgehead atoms. The van der Waals surface area contributed by atoms with Crippen LogP contribution < -0.4 is 4.74 Å². The molecule has 2 fully saturated rings. The third-order valence-corrected chi connectivity index (χ3v) is 14.1. The van der Waals surface area contributed by atoms with Crippen molar-refractivity contribution >= 4 is 0 Å². The number of unbranched alkanes of at least 4 members (excludes halogenated alkanes) is 10. The Hall–Kier alpha value is -3.60. The molecule has 2 aromatic carbocycles. The minimum atomic E-state index is 0.480. The molecule has 5 nitrogen and oxygen atoms in total. The Balaban J connectivity index is 1.13. The van der Waals surface area contributed by atoms with Gasteiger partial charge < -0.3 is 4.74 Å². The number of rotatable bonds is 26. The number of benzene rings is 2. The average molecular weight is 827 g/mol. The lowest BCUT2D eigenvalue weighted by molar-refractivity contribution is 0.312. The van der Waals surface area contributed by atoms with Crippen molar-refractivity contribution in [1.29, 1.82) is 0 Å². The summed E-state index contributed by atoms with van der Waals surface area (Å²) in [6, 6.07) is 14.4. The highest BCUT2D eigenvalue weighted by atomic mass is 16.5. The van der Waals surface area contributed by atoms with Crippen molar-refractivity contribution in [1.82, 2.24) is 19.9 Å². The molecule has 2 aromatic heterocycles. The van der Waals surface area contributed by atoms with Crippen molar-refractivity contribution in [2.45, 2.75) is 219 Å². The molecule has 4 aromatic rings. The molecule has 2 saturated carbocycles. The van der Waals surface area contributed by atoms with Crippen LogP contribution in [0.3, 0.4) is 0 Å². The number of aryl methyl sites for hydroxylation is 4. The van der Waals surface area contributed by atoms with Crippen LogP contribution in [0.2, 0.25) is 0 Å². The monoisotopic (exact) mass is 827 g/mol. The van der Waals surface area contributed by atoms with E-state index in [1.165, 1.54) is 175 Å². The Morgan fingerprint density at radius 3 is 1.13 bits per heavy atom. The number of aromatic nitrogens is 4. The minimum Gasteiger partial charge on any atom is -0.457 e. The van der Waals surface area contributed by atoms with Crippen molar-refractivity contribution < 1.29 is 4.74 Å². The fourth-order valence-corrected chi connectivity index (χ4v) is 10.2. The maximum absolute atomic E-state index is 7.15. The maximum atomic E-state index is 7.15. The van der Waals surface area contributed by atoms with Gasteiger partial charge in [0.05, 0.1) is 0 Å².